The van der Waals surface area contributed by atoms with Crippen molar-refractivity contribution in [2.24, 2.45) is 0 Å². The van der Waals surface area contributed by atoms with Crippen LogP contribution < -0.4 is 0 Å². The van der Waals surface area contributed by atoms with Gasteiger partial charge in [0.2, 0.25) is 6.29 Å². The quantitative estimate of drug-likeness (QED) is 0.750. The highest BCUT2D eigenvalue weighted by atomic mass is 16.7. The second-order valence-electron chi connectivity index (χ2n) is 3.63. The molecule has 0 N–H and O–H groups in total. The Balaban J connectivity index is 2.33. The smallest absolute Gasteiger partial charge is 0.227 e. The van der Waals surface area contributed by atoms with Crippen molar-refractivity contribution >= 4 is 5.76 Å². The fourth-order valence-electron chi connectivity index (χ4n) is 1.78. The van der Waals surface area contributed by atoms with Crippen molar-refractivity contribution < 1.29 is 9.47 Å². The van der Waals surface area contributed by atoms with Crippen LogP contribution in [0.2, 0.25) is 0 Å². The Labute approximate surface area is 90.5 Å². The van der Waals surface area contributed by atoms with Crippen molar-refractivity contribution in [2.75, 3.05) is 7.11 Å². The maximum atomic E-state index is 5.72. The van der Waals surface area contributed by atoms with Gasteiger partial charge in [0.25, 0.3) is 0 Å². The normalized spacial score (nSPS) is 21.5. The van der Waals surface area contributed by atoms with E-state index in [1.54, 1.807) is 7.11 Å². The fraction of sp³-hybridized carbons (Fsp3) is 0.385. The minimum Gasteiger partial charge on any atom is -0.460 e. The lowest BCUT2D eigenvalue weighted by Gasteiger charge is -2.08. The van der Waals surface area contributed by atoms with Crippen molar-refractivity contribution in [3.63, 3.8) is 0 Å². The van der Waals surface area contributed by atoms with E-state index in [0.717, 1.165) is 29.7 Å². The standard InChI is InChI=1S/C13H16O2/c1-3-4-9-12-10-7-5-6-8-11(10)13(14-2)15-12/h5-9,13H,3-4H2,1-2H3/b12-9-. The third kappa shape index (κ3) is 1.90. The van der Waals surface area contributed by atoms with Crippen LogP contribution in [0.15, 0.2) is 30.3 Å². The van der Waals surface area contributed by atoms with Gasteiger partial charge >= 0.3 is 0 Å². The summed E-state index contributed by atoms with van der Waals surface area (Å²) in [6.45, 7) is 2.16. The summed E-state index contributed by atoms with van der Waals surface area (Å²) in [5.41, 5.74) is 2.29. The lowest BCUT2D eigenvalue weighted by atomic mass is 10.1. The molecule has 0 spiro atoms. The average Bonchev–Trinajstić information content (AvgIpc) is 2.65. The zero-order valence-corrected chi connectivity index (χ0v) is 9.19. The highest BCUT2D eigenvalue weighted by Crippen LogP contribution is 2.38. The molecule has 0 radical (unpaired) electrons. The predicted molar refractivity (Wildman–Crippen MR) is 60.2 cm³/mol. The number of benzene rings is 1. The molecular formula is C13H16O2. The number of ether oxygens (including phenoxy) is 2. The van der Waals surface area contributed by atoms with Gasteiger partial charge < -0.3 is 9.47 Å². The first-order valence-electron chi connectivity index (χ1n) is 5.35. The number of fused-ring (bicyclic) bond motifs is 1. The van der Waals surface area contributed by atoms with Gasteiger partial charge in [-0.15, -0.1) is 0 Å². The number of rotatable bonds is 3. The first-order valence-corrected chi connectivity index (χ1v) is 5.35. The topological polar surface area (TPSA) is 18.5 Å². The molecule has 80 valence electrons. The molecule has 2 rings (SSSR count). The van der Waals surface area contributed by atoms with Gasteiger partial charge in [0.1, 0.15) is 5.76 Å². The van der Waals surface area contributed by atoms with Gasteiger partial charge in [-0.1, -0.05) is 37.6 Å². The summed E-state index contributed by atoms with van der Waals surface area (Å²) in [5.74, 6) is 0.958. The van der Waals surface area contributed by atoms with Crippen molar-refractivity contribution in [1.82, 2.24) is 0 Å². The van der Waals surface area contributed by atoms with E-state index in [2.05, 4.69) is 25.1 Å². The molecule has 1 aromatic carbocycles. The van der Waals surface area contributed by atoms with Crippen LogP contribution in [0.3, 0.4) is 0 Å². The highest BCUT2D eigenvalue weighted by Gasteiger charge is 2.26. The number of allylic oxidation sites excluding steroid dienone is 1. The van der Waals surface area contributed by atoms with Crippen LogP contribution in [0.5, 0.6) is 0 Å². The summed E-state index contributed by atoms with van der Waals surface area (Å²) in [7, 11) is 1.67. The third-order valence-corrected chi connectivity index (χ3v) is 2.55. The second-order valence-corrected chi connectivity index (χ2v) is 3.63. The summed E-state index contributed by atoms with van der Waals surface area (Å²) in [6, 6.07) is 8.17. The molecule has 1 aliphatic rings. The number of unbranched alkanes of at least 4 members (excludes halogenated alkanes) is 1. The van der Waals surface area contributed by atoms with E-state index >= 15 is 0 Å². The molecular weight excluding hydrogens is 188 g/mol. The number of hydrogen-bond donors (Lipinski definition) is 0. The molecule has 0 aliphatic carbocycles. The van der Waals surface area contributed by atoms with Crippen LogP contribution in [0.1, 0.15) is 37.2 Å². The Morgan fingerprint density at radius 2 is 2.20 bits per heavy atom. The van der Waals surface area contributed by atoms with Crippen molar-refractivity contribution in [2.45, 2.75) is 26.1 Å². The largest absolute Gasteiger partial charge is 0.460 e. The molecule has 0 saturated heterocycles. The SMILES string of the molecule is CCC/C=C1\OC(OC)c2ccccc21. The highest BCUT2D eigenvalue weighted by molar-refractivity contribution is 5.66. The van der Waals surface area contributed by atoms with Gasteiger partial charge in [-0.25, -0.2) is 0 Å². The second kappa shape index (κ2) is 4.49. The van der Waals surface area contributed by atoms with Crippen molar-refractivity contribution in [1.29, 1.82) is 0 Å². The Bertz CT molecular complexity index is 369. The molecule has 0 aromatic heterocycles. The molecule has 2 heteroatoms. The molecule has 15 heavy (non-hydrogen) atoms. The van der Waals surface area contributed by atoms with E-state index in [0.29, 0.717) is 0 Å². The molecule has 1 heterocycles. The summed E-state index contributed by atoms with van der Waals surface area (Å²) >= 11 is 0. The first-order chi connectivity index (χ1) is 7.36. The van der Waals surface area contributed by atoms with Gasteiger partial charge in [0.15, 0.2) is 0 Å². The zero-order chi connectivity index (χ0) is 10.7. The van der Waals surface area contributed by atoms with Crippen LogP contribution in [-0.2, 0) is 9.47 Å². The molecule has 0 bridgehead atoms. The van der Waals surface area contributed by atoms with Gasteiger partial charge in [-0.3, -0.25) is 0 Å². The first kappa shape index (κ1) is 10.2. The minimum atomic E-state index is -0.232. The molecule has 1 aromatic rings. The van der Waals surface area contributed by atoms with E-state index in [1.807, 2.05) is 12.1 Å². The summed E-state index contributed by atoms with van der Waals surface area (Å²) in [4.78, 5) is 0. The van der Waals surface area contributed by atoms with Gasteiger partial charge in [-0.05, 0) is 12.5 Å². The van der Waals surface area contributed by atoms with Crippen LogP contribution in [0.4, 0.5) is 0 Å². The fourth-order valence-corrected chi connectivity index (χ4v) is 1.78. The molecule has 1 aliphatic heterocycles. The van der Waals surface area contributed by atoms with Crippen molar-refractivity contribution in [3.05, 3.63) is 41.5 Å². The van der Waals surface area contributed by atoms with Crippen LogP contribution in [0.25, 0.3) is 5.76 Å². The lowest BCUT2D eigenvalue weighted by Crippen LogP contribution is -1.96. The van der Waals surface area contributed by atoms with Crippen LogP contribution in [-0.4, -0.2) is 7.11 Å². The van der Waals surface area contributed by atoms with Crippen molar-refractivity contribution in [3.8, 4) is 0 Å². The predicted octanol–water partition coefficient (Wildman–Crippen LogP) is 3.50. The van der Waals surface area contributed by atoms with Gasteiger partial charge in [-0.2, -0.15) is 0 Å². The minimum absolute atomic E-state index is 0.232. The Hall–Kier alpha value is -1.28. The van der Waals surface area contributed by atoms with E-state index in [-0.39, 0.29) is 6.29 Å². The Morgan fingerprint density at radius 3 is 2.93 bits per heavy atom. The molecule has 1 atom stereocenters. The molecule has 1 unspecified atom stereocenters. The van der Waals surface area contributed by atoms with E-state index in [1.165, 1.54) is 0 Å². The maximum Gasteiger partial charge on any atom is 0.227 e. The van der Waals surface area contributed by atoms with E-state index in [9.17, 15) is 0 Å². The van der Waals surface area contributed by atoms with Crippen LogP contribution >= 0.6 is 0 Å². The Kier molecular flexibility index (Phi) is 3.07. The van der Waals surface area contributed by atoms with E-state index in [4.69, 9.17) is 9.47 Å². The van der Waals surface area contributed by atoms with Gasteiger partial charge in [0, 0.05) is 18.2 Å². The average molecular weight is 204 g/mol. The lowest BCUT2D eigenvalue weighted by molar-refractivity contribution is -0.0650. The Morgan fingerprint density at radius 1 is 1.40 bits per heavy atom. The zero-order valence-electron chi connectivity index (χ0n) is 9.19. The molecule has 0 saturated carbocycles. The number of hydrogen-bond acceptors (Lipinski definition) is 2. The van der Waals surface area contributed by atoms with Gasteiger partial charge in [0.05, 0.1) is 0 Å². The third-order valence-electron chi connectivity index (χ3n) is 2.55. The number of methoxy groups -OCH3 is 1. The molecule has 0 amide bonds. The van der Waals surface area contributed by atoms with Crippen LogP contribution in [0, 0.1) is 0 Å². The molecule has 2 nitrogen and oxygen atoms in total. The van der Waals surface area contributed by atoms with E-state index < -0.39 is 0 Å². The maximum absolute atomic E-state index is 5.72. The monoisotopic (exact) mass is 204 g/mol. The summed E-state index contributed by atoms with van der Waals surface area (Å²) in [5, 5.41) is 0. The summed E-state index contributed by atoms with van der Waals surface area (Å²) < 4.78 is 11.0. The molecule has 0 fully saturated rings. The summed E-state index contributed by atoms with van der Waals surface area (Å²) in [6.07, 6.45) is 4.08.